The average molecular weight is 419 g/mol. The number of ether oxygens (including phenoxy) is 2. The number of amides is 1. The van der Waals surface area contributed by atoms with Crippen LogP contribution in [0.5, 0.6) is 5.75 Å². The van der Waals surface area contributed by atoms with Crippen molar-refractivity contribution in [1.29, 1.82) is 0 Å². The number of halogens is 1. The van der Waals surface area contributed by atoms with Gasteiger partial charge in [0.1, 0.15) is 5.75 Å². The van der Waals surface area contributed by atoms with Crippen molar-refractivity contribution in [3.05, 3.63) is 46.8 Å². The van der Waals surface area contributed by atoms with Crippen LogP contribution >= 0.6 is 12.4 Å². The number of hydrogen-bond donors (Lipinski definition) is 1. The van der Waals surface area contributed by atoms with Crippen LogP contribution in [0.4, 0.5) is 0 Å². The predicted molar refractivity (Wildman–Crippen MR) is 110 cm³/mol. The number of nitrogens with zero attached hydrogens (tertiary/aromatic N) is 3. The topological polar surface area (TPSA) is 70.7 Å². The quantitative estimate of drug-likeness (QED) is 0.828. The summed E-state index contributed by atoms with van der Waals surface area (Å²) in [5.74, 6) is 1.84. The fourth-order valence-electron chi connectivity index (χ4n) is 5.16. The number of likely N-dealkylation sites (tertiary alicyclic amines) is 2. The summed E-state index contributed by atoms with van der Waals surface area (Å²) in [6.07, 6.45) is 0.797. The molecule has 156 valence electrons. The second-order valence-corrected chi connectivity index (χ2v) is 8.12. The summed E-state index contributed by atoms with van der Waals surface area (Å²) in [5, 5.41) is 7.36. The molecule has 0 radical (unpaired) electrons. The highest BCUT2D eigenvalue weighted by Gasteiger charge is 2.47. The van der Waals surface area contributed by atoms with E-state index in [9.17, 15) is 4.79 Å². The minimum absolute atomic E-state index is 0. The van der Waals surface area contributed by atoms with E-state index in [1.165, 1.54) is 5.56 Å². The molecule has 3 aliphatic rings. The van der Waals surface area contributed by atoms with Crippen molar-refractivity contribution < 1.29 is 14.3 Å². The Bertz CT molecular complexity index is 885. The lowest BCUT2D eigenvalue weighted by Crippen LogP contribution is -2.34. The van der Waals surface area contributed by atoms with Crippen LogP contribution < -0.4 is 4.74 Å². The van der Waals surface area contributed by atoms with Gasteiger partial charge in [-0.05, 0) is 30.7 Å². The summed E-state index contributed by atoms with van der Waals surface area (Å²) < 4.78 is 10.8. The van der Waals surface area contributed by atoms with E-state index in [0.717, 1.165) is 43.1 Å². The van der Waals surface area contributed by atoms with Crippen LogP contribution in [0.2, 0.25) is 0 Å². The van der Waals surface area contributed by atoms with Crippen molar-refractivity contribution in [3.8, 4) is 5.75 Å². The molecule has 0 aliphatic carbocycles. The van der Waals surface area contributed by atoms with E-state index in [2.05, 4.69) is 34.3 Å². The molecule has 8 heteroatoms. The Morgan fingerprint density at radius 3 is 2.79 bits per heavy atom. The first kappa shape index (κ1) is 20.2. The summed E-state index contributed by atoms with van der Waals surface area (Å²) in [6, 6.07) is 8.65. The Kier molecular flexibility index (Phi) is 5.55. The van der Waals surface area contributed by atoms with Crippen molar-refractivity contribution in [1.82, 2.24) is 20.0 Å². The molecule has 7 nitrogen and oxygen atoms in total. The summed E-state index contributed by atoms with van der Waals surface area (Å²) in [4.78, 5) is 17.6. The number of nitrogens with one attached hydrogen (secondary N) is 1. The molecule has 1 amide bonds. The number of hydrogen-bond acceptors (Lipinski definition) is 5. The minimum atomic E-state index is 0. The van der Waals surface area contributed by atoms with Crippen LogP contribution in [0.15, 0.2) is 24.3 Å². The van der Waals surface area contributed by atoms with E-state index in [-0.39, 0.29) is 18.3 Å². The molecule has 4 heterocycles. The lowest BCUT2D eigenvalue weighted by Gasteiger charge is -2.27. The Labute approximate surface area is 176 Å². The van der Waals surface area contributed by atoms with E-state index in [1.54, 1.807) is 7.11 Å². The molecule has 0 saturated carbocycles. The molecule has 1 aromatic carbocycles. The molecule has 1 N–H and O–H groups in total. The Morgan fingerprint density at radius 1 is 1.24 bits per heavy atom. The lowest BCUT2D eigenvalue weighted by molar-refractivity contribution is 0.0748. The largest absolute Gasteiger partial charge is 0.497 e. The van der Waals surface area contributed by atoms with Gasteiger partial charge in [0, 0.05) is 49.3 Å². The molecule has 2 fully saturated rings. The summed E-state index contributed by atoms with van der Waals surface area (Å²) in [5.41, 5.74) is 3.82. The van der Waals surface area contributed by atoms with Gasteiger partial charge >= 0.3 is 0 Å². The number of rotatable bonds is 3. The van der Waals surface area contributed by atoms with Crippen molar-refractivity contribution in [3.63, 3.8) is 0 Å². The summed E-state index contributed by atoms with van der Waals surface area (Å²) in [7, 11) is 3.87. The first-order valence-electron chi connectivity index (χ1n) is 9.93. The average Bonchev–Trinajstić information content (AvgIpc) is 3.40. The van der Waals surface area contributed by atoms with Crippen LogP contribution in [-0.4, -0.2) is 66.3 Å². The molecular weight excluding hydrogens is 392 g/mol. The van der Waals surface area contributed by atoms with Crippen LogP contribution in [0, 0.1) is 11.8 Å². The molecule has 5 rings (SSSR count). The molecule has 2 aromatic rings. The standard InChI is InChI=1S/C21H26N4O3.ClH/c1-24-9-14-10-25(21(26)19-17-12-28-8-7-18(17)22-23-19)11-16(14)20(24)13-3-5-15(27-2)6-4-13;/h3-6,14,16,20H,7-12H2,1-2H3,(H,22,23);1H/t14-,16+,20+;/m0./s1. The minimum Gasteiger partial charge on any atom is -0.497 e. The molecular formula is C21H27ClN4O3. The number of methoxy groups -OCH3 is 1. The molecule has 3 aliphatic heterocycles. The second-order valence-electron chi connectivity index (χ2n) is 8.12. The van der Waals surface area contributed by atoms with Crippen molar-refractivity contribution in [2.75, 3.05) is 40.4 Å². The third-order valence-electron chi connectivity index (χ3n) is 6.54. The first-order valence-corrected chi connectivity index (χ1v) is 9.93. The number of fused-ring (bicyclic) bond motifs is 2. The van der Waals surface area contributed by atoms with Crippen LogP contribution in [0.3, 0.4) is 0 Å². The molecule has 0 bridgehead atoms. The normalized spacial score (nSPS) is 26.0. The van der Waals surface area contributed by atoms with Gasteiger partial charge in [-0.25, -0.2) is 0 Å². The van der Waals surface area contributed by atoms with Crippen LogP contribution in [-0.2, 0) is 17.8 Å². The maximum atomic E-state index is 13.2. The van der Waals surface area contributed by atoms with Gasteiger partial charge in [0.2, 0.25) is 0 Å². The maximum absolute atomic E-state index is 13.2. The first-order chi connectivity index (χ1) is 13.7. The number of benzene rings is 1. The number of aromatic amines is 1. The molecule has 2 saturated heterocycles. The zero-order chi connectivity index (χ0) is 19.3. The van der Waals surface area contributed by atoms with Gasteiger partial charge in [-0.3, -0.25) is 14.8 Å². The molecule has 1 aromatic heterocycles. The Hall–Kier alpha value is -2.09. The summed E-state index contributed by atoms with van der Waals surface area (Å²) in [6.45, 7) is 3.74. The Morgan fingerprint density at radius 2 is 2.03 bits per heavy atom. The highest BCUT2D eigenvalue weighted by atomic mass is 35.5. The number of carbonyl (C=O) groups excluding carboxylic acids is 1. The van der Waals surface area contributed by atoms with E-state index < -0.39 is 0 Å². The van der Waals surface area contributed by atoms with Gasteiger partial charge in [0.15, 0.2) is 5.69 Å². The highest BCUT2D eigenvalue weighted by molar-refractivity contribution is 5.94. The fraction of sp³-hybridized carbons (Fsp3) is 0.524. The van der Waals surface area contributed by atoms with Gasteiger partial charge in [-0.2, -0.15) is 5.10 Å². The van der Waals surface area contributed by atoms with Crippen LogP contribution in [0.1, 0.15) is 33.4 Å². The fourth-order valence-corrected chi connectivity index (χ4v) is 5.16. The van der Waals surface area contributed by atoms with Gasteiger partial charge in [0.05, 0.1) is 20.3 Å². The maximum Gasteiger partial charge on any atom is 0.274 e. The third kappa shape index (κ3) is 3.41. The number of aromatic nitrogens is 2. The van der Waals surface area contributed by atoms with Crippen molar-refractivity contribution in [2.45, 2.75) is 19.1 Å². The van der Waals surface area contributed by atoms with Gasteiger partial charge in [-0.1, -0.05) is 12.1 Å². The lowest BCUT2D eigenvalue weighted by atomic mass is 9.89. The summed E-state index contributed by atoms with van der Waals surface area (Å²) >= 11 is 0. The monoisotopic (exact) mass is 418 g/mol. The zero-order valence-corrected chi connectivity index (χ0v) is 17.6. The smallest absolute Gasteiger partial charge is 0.274 e. The van der Waals surface area contributed by atoms with Gasteiger partial charge < -0.3 is 14.4 Å². The predicted octanol–water partition coefficient (Wildman–Crippen LogP) is 2.29. The van der Waals surface area contributed by atoms with Crippen molar-refractivity contribution in [2.24, 2.45) is 11.8 Å². The van der Waals surface area contributed by atoms with E-state index in [1.807, 2.05) is 17.0 Å². The van der Waals surface area contributed by atoms with Gasteiger partial charge in [-0.15, -0.1) is 12.4 Å². The molecule has 3 atom stereocenters. The van der Waals surface area contributed by atoms with Crippen molar-refractivity contribution >= 4 is 18.3 Å². The SMILES string of the molecule is COc1ccc([C@@H]2[C@@H]3CN(C(=O)c4n[nH]c5c4COCC5)C[C@@H]3CN2C)cc1.Cl. The van der Waals surface area contributed by atoms with Crippen LogP contribution in [0.25, 0.3) is 0 Å². The zero-order valence-electron chi connectivity index (χ0n) is 16.8. The van der Waals surface area contributed by atoms with E-state index in [0.29, 0.717) is 36.8 Å². The van der Waals surface area contributed by atoms with E-state index >= 15 is 0 Å². The second kappa shape index (κ2) is 7.97. The Balaban J connectivity index is 0.00000205. The molecule has 0 unspecified atom stereocenters. The number of H-pyrrole nitrogens is 1. The van der Waals surface area contributed by atoms with Gasteiger partial charge in [0.25, 0.3) is 5.91 Å². The molecule has 29 heavy (non-hydrogen) atoms. The highest BCUT2D eigenvalue weighted by Crippen LogP contribution is 2.44. The third-order valence-corrected chi connectivity index (χ3v) is 6.54. The number of carbonyl (C=O) groups is 1. The molecule has 0 spiro atoms. The van der Waals surface area contributed by atoms with E-state index in [4.69, 9.17) is 9.47 Å².